The number of hydrogen-bond donors (Lipinski definition) is 2. The zero-order valence-electron chi connectivity index (χ0n) is 15.5. The summed E-state index contributed by atoms with van der Waals surface area (Å²) in [5.74, 6) is 0.0148. The molecule has 0 aliphatic rings. The topological polar surface area (TPSA) is 76.7 Å². The van der Waals surface area contributed by atoms with Crippen molar-refractivity contribution in [2.45, 2.75) is 26.4 Å². The molecule has 0 atom stereocenters. The molecule has 0 bridgehead atoms. The Hall–Kier alpha value is -2.73. The zero-order valence-corrected chi connectivity index (χ0v) is 16.3. The lowest BCUT2D eigenvalue weighted by Crippen LogP contribution is -2.17. The van der Waals surface area contributed by atoms with Crippen molar-refractivity contribution in [2.75, 3.05) is 24.3 Å². The fraction of sp³-hybridized carbons (Fsp3) is 0.300. The summed E-state index contributed by atoms with van der Waals surface area (Å²) in [6.07, 6.45) is 0.273. The van der Waals surface area contributed by atoms with Crippen LogP contribution in [0.1, 0.15) is 30.6 Å². The van der Waals surface area contributed by atoms with Crippen LogP contribution < -0.4 is 15.4 Å². The Balaban J connectivity index is 1.93. The summed E-state index contributed by atoms with van der Waals surface area (Å²) in [6.45, 7) is 4.32. The maximum atomic E-state index is 12.2. The molecule has 0 fully saturated rings. The van der Waals surface area contributed by atoms with E-state index in [1.807, 2.05) is 38.1 Å². The summed E-state index contributed by atoms with van der Waals surface area (Å²) in [6, 6.07) is 12.1. The van der Waals surface area contributed by atoms with Crippen molar-refractivity contribution in [1.82, 2.24) is 0 Å². The van der Waals surface area contributed by atoms with E-state index in [-0.39, 0.29) is 18.4 Å². The number of carbonyl (C=O) groups excluding carboxylic acids is 2. The second-order valence-electron chi connectivity index (χ2n) is 6.07. The van der Waals surface area contributed by atoms with E-state index in [9.17, 15) is 9.59 Å². The van der Waals surface area contributed by atoms with Crippen LogP contribution in [0.4, 0.5) is 11.4 Å². The lowest BCUT2D eigenvalue weighted by Gasteiger charge is -2.15. The van der Waals surface area contributed by atoms with Crippen LogP contribution in [0.25, 0.3) is 0 Å². The number of esters is 1. The van der Waals surface area contributed by atoms with Gasteiger partial charge in [0.15, 0.2) is 0 Å². The molecule has 0 aliphatic heterocycles. The van der Waals surface area contributed by atoms with Crippen LogP contribution in [-0.2, 0) is 9.53 Å². The minimum absolute atomic E-state index is 0.0560. The standard InChI is InChI=1S/C20H23ClN2O4/c1-13(2)27-18-7-5-4-6-16(18)22-11-10-19(24)23-17-12-14(20(25)26-3)8-9-15(17)21/h4-9,12-13,22H,10-11H2,1-3H3,(H,23,24). The van der Waals surface area contributed by atoms with Gasteiger partial charge >= 0.3 is 5.97 Å². The number of rotatable bonds is 8. The molecule has 144 valence electrons. The van der Waals surface area contributed by atoms with E-state index in [4.69, 9.17) is 16.3 Å². The molecule has 6 nitrogen and oxygen atoms in total. The van der Waals surface area contributed by atoms with Gasteiger partial charge in [0.05, 0.1) is 35.2 Å². The average Bonchev–Trinajstić information content (AvgIpc) is 2.64. The smallest absolute Gasteiger partial charge is 0.337 e. The Bertz CT molecular complexity index is 808. The maximum absolute atomic E-state index is 12.2. The highest BCUT2D eigenvalue weighted by molar-refractivity contribution is 6.33. The third kappa shape index (κ3) is 6.18. The number of nitrogens with one attached hydrogen (secondary N) is 2. The first kappa shape index (κ1) is 20.6. The predicted octanol–water partition coefficient (Wildman–Crippen LogP) is 4.35. The Morgan fingerprint density at radius 1 is 1.11 bits per heavy atom. The number of hydrogen-bond acceptors (Lipinski definition) is 5. The molecule has 0 saturated carbocycles. The van der Waals surface area contributed by atoms with Gasteiger partial charge in [-0.1, -0.05) is 23.7 Å². The van der Waals surface area contributed by atoms with Gasteiger partial charge in [-0.15, -0.1) is 0 Å². The van der Waals surface area contributed by atoms with Crippen LogP contribution in [0.5, 0.6) is 5.75 Å². The molecule has 0 spiro atoms. The Morgan fingerprint density at radius 2 is 1.85 bits per heavy atom. The Morgan fingerprint density at radius 3 is 2.56 bits per heavy atom. The van der Waals surface area contributed by atoms with Crippen molar-refractivity contribution in [2.24, 2.45) is 0 Å². The number of benzene rings is 2. The third-order valence-electron chi connectivity index (χ3n) is 3.58. The predicted molar refractivity (Wildman–Crippen MR) is 107 cm³/mol. The molecule has 27 heavy (non-hydrogen) atoms. The van der Waals surface area contributed by atoms with Crippen LogP contribution >= 0.6 is 11.6 Å². The summed E-state index contributed by atoms with van der Waals surface area (Å²) in [4.78, 5) is 23.8. The van der Waals surface area contributed by atoms with E-state index in [1.165, 1.54) is 19.2 Å². The van der Waals surface area contributed by atoms with Crippen LogP contribution in [0.2, 0.25) is 5.02 Å². The van der Waals surface area contributed by atoms with Crippen LogP contribution in [0, 0.1) is 0 Å². The highest BCUT2D eigenvalue weighted by atomic mass is 35.5. The number of methoxy groups -OCH3 is 1. The first-order valence-electron chi connectivity index (χ1n) is 8.58. The van der Waals surface area contributed by atoms with E-state index in [0.717, 1.165) is 11.4 Å². The second kappa shape index (κ2) is 9.83. The molecule has 0 heterocycles. The monoisotopic (exact) mass is 390 g/mol. The van der Waals surface area contributed by atoms with E-state index in [1.54, 1.807) is 6.07 Å². The normalized spacial score (nSPS) is 10.4. The van der Waals surface area contributed by atoms with Crippen molar-refractivity contribution < 1.29 is 19.1 Å². The lowest BCUT2D eigenvalue weighted by molar-refractivity contribution is -0.115. The SMILES string of the molecule is COC(=O)c1ccc(Cl)c(NC(=O)CCNc2ccccc2OC(C)C)c1. The summed E-state index contributed by atoms with van der Waals surface area (Å²) >= 11 is 6.09. The molecule has 0 aromatic heterocycles. The molecule has 0 unspecified atom stereocenters. The molecule has 0 aliphatic carbocycles. The molecule has 2 aromatic carbocycles. The van der Waals surface area contributed by atoms with Crippen molar-refractivity contribution in [3.05, 3.63) is 53.1 Å². The molecular weight excluding hydrogens is 368 g/mol. The van der Waals surface area contributed by atoms with Gasteiger partial charge in [-0.3, -0.25) is 4.79 Å². The van der Waals surface area contributed by atoms with Crippen molar-refractivity contribution in [3.63, 3.8) is 0 Å². The number of para-hydroxylation sites is 2. The van der Waals surface area contributed by atoms with Crippen LogP contribution in [0.15, 0.2) is 42.5 Å². The molecule has 0 radical (unpaired) electrons. The number of ether oxygens (including phenoxy) is 2. The summed E-state index contributed by atoms with van der Waals surface area (Å²) in [5, 5.41) is 6.26. The highest BCUT2D eigenvalue weighted by Crippen LogP contribution is 2.25. The number of carbonyl (C=O) groups is 2. The molecule has 2 aromatic rings. The number of anilines is 2. The van der Waals surface area contributed by atoms with Gasteiger partial charge in [-0.25, -0.2) is 4.79 Å². The van der Waals surface area contributed by atoms with Crippen molar-refractivity contribution >= 4 is 34.9 Å². The highest BCUT2D eigenvalue weighted by Gasteiger charge is 2.12. The molecular formula is C20H23ClN2O4. The average molecular weight is 391 g/mol. The van der Waals surface area contributed by atoms with Gasteiger partial charge in [0, 0.05) is 13.0 Å². The van der Waals surface area contributed by atoms with Gasteiger partial charge in [-0.05, 0) is 44.2 Å². The molecule has 7 heteroatoms. The van der Waals surface area contributed by atoms with Crippen LogP contribution in [-0.4, -0.2) is 31.6 Å². The first-order valence-corrected chi connectivity index (χ1v) is 8.95. The molecule has 1 amide bonds. The fourth-order valence-corrected chi connectivity index (χ4v) is 2.52. The van der Waals surface area contributed by atoms with E-state index in [0.29, 0.717) is 22.8 Å². The van der Waals surface area contributed by atoms with Crippen molar-refractivity contribution in [3.8, 4) is 5.75 Å². The van der Waals surface area contributed by atoms with E-state index >= 15 is 0 Å². The number of amides is 1. The first-order chi connectivity index (χ1) is 12.9. The maximum Gasteiger partial charge on any atom is 0.337 e. The van der Waals surface area contributed by atoms with Crippen molar-refractivity contribution in [1.29, 1.82) is 0 Å². The fourth-order valence-electron chi connectivity index (χ4n) is 2.36. The summed E-state index contributed by atoms with van der Waals surface area (Å²) in [7, 11) is 1.29. The Labute approximate surface area is 163 Å². The van der Waals surface area contributed by atoms with Crippen LogP contribution in [0.3, 0.4) is 0 Å². The van der Waals surface area contributed by atoms with Gasteiger partial charge in [0.1, 0.15) is 5.75 Å². The summed E-state index contributed by atoms with van der Waals surface area (Å²) < 4.78 is 10.4. The third-order valence-corrected chi connectivity index (χ3v) is 3.91. The second-order valence-corrected chi connectivity index (χ2v) is 6.48. The quantitative estimate of drug-likeness (QED) is 0.655. The Kier molecular flexibility index (Phi) is 7.49. The van der Waals surface area contributed by atoms with Gasteiger partial charge in [0.25, 0.3) is 0 Å². The lowest BCUT2D eigenvalue weighted by atomic mass is 10.2. The van der Waals surface area contributed by atoms with Gasteiger partial charge in [-0.2, -0.15) is 0 Å². The largest absolute Gasteiger partial charge is 0.489 e. The zero-order chi connectivity index (χ0) is 19.8. The molecule has 2 rings (SSSR count). The van der Waals surface area contributed by atoms with E-state index < -0.39 is 5.97 Å². The summed E-state index contributed by atoms with van der Waals surface area (Å²) in [5.41, 5.74) is 1.51. The molecule has 0 saturated heterocycles. The minimum atomic E-state index is -0.495. The van der Waals surface area contributed by atoms with Gasteiger partial charge < -0.3 is 20.1 Å². The number of halogens is 1. The molecule has 2 N–H and O–H groups in total. The van der Waals surface area contributed by atoms with Gasteiger partial charge in [0.2, 0.25) is 5.91 Å². The van der Waals surface area contributed by atoms with E-state index in [2.05, 4.69) is 15.4 Å². The minimum Gasteiger partial charge on any atom is -0.489 e.